The van der Waals surface area contributed by atoms with Crippen LogP contribution in [-0.4, -0.2) is 28.8 Å². The van der Waals surface area contributed by atoms with E-state index in [-0.39, 0.29) is 18.5 Å². The van der Waals surface area contributed by atoms with Crippen LogP contribution in [0, 0.1) is 5.82 Å². The minimum Gasteiger partial charge on any atom is -0.481 e. The summed E-state index contributed by atoms with van der Waals surface area (Å²) in [5, 5.41) is 18.7. The van der Waals surface area contributed by atoms with Gasteiger partial charge in [-0.25, -0.2) is 4.39 Å². The second kappa shape index (κ2) is 5.25. The minimum atomic E-state index is -1.45. The first-order valence-corrected chi connectivity index (χ1v) is 5.30. The van der Waals surface area contributed by atoms with Gasteiger partial charge in [0.15, 0.2) is 0 Å². The summed E-state index contributed by atoms with van der Waals surface area (Å²) in [6.07, 6.45) is -0.889. The third-order valence-corrected chi connectivity index (χ3v) is 2.78. The van der Waals surface area contributed by atoms with Gasteiger partial charge in [-0.2, -0.15) is 0 Å². The molecule has 0 aliphatic rings. The highest BCUT2D eigenvalue weighted by Gasteiger charge is 2.40. The molecule has 0 radical (unpaired) electrons. The van der Waals surface area contributed by atoms with Crippen molar-refractivity contribution in [3.63, 3.8) is 0 Å². The Balaban J connectivity index is 3.26. The van der Waals surface area contributed by atoms with E-state index in [1.54, 1.807) is 0 Å². The van der Waals surface area contributed by atoms with Crippen molar-refractivity contribution in [2.75, 3.05) is 6.54 Å². The Labute approximate surface area is 98.9 Å². The summed E-state index contributed by atoms with van der Waals surface area (Å²) in [6.45, 7) is 1.28. The molecule has 1 rings (SSSR count). The lowest BCUT2D eigenvalue weighted by atomic mass is 9.76. The highest BCUT2D eigenvalue weighted by atomic mass is 19.1. The van der Waals surface area contributed by atoms with Gasteiger partial charge in [-0.3, -0.25) is 4.79 Å². The van der Waals surface area contributed by atoms with Crippen molar-refractivity contribution in [2.24, 2.45) is 5.73 Å². The molecule has 0 aliphatic carbocycles. The van der Waals surface area contributed by atoms with Crippen LogP contribution >= 0.6 is 0 Å². The fourth-order valence-corrected chi connectivity index (χ4v) is 1.91. The number of carboxylic acid groups (broad SMARTS) is 1. The third kappa shape index (κ3) is 2.81. The molecule has 0 aromatic heterocycles. The maximum atomic E-state index is 13.1. The third-order valence-electron chi connectivity index (χ3n) is 2.78. The highest BCUT2D eigenvalue weighted by molar-refractivity contribution is 5.81. The summed E-state index contributed by atoms with van der Waals surface area (Å²) < 4.78 is 13.1. The number of hydrogen-bond acceptors (Lipinski definition) is 3. The SMILES string of the molecule is CC(O)CC(CN)(C(=O)O)c1cccc(F)c1. The molecule has 4 nitrogen and oxygen atoms in total. The van der Waals surface area contributed by atoms with Crippen LogP contribution in [0.5, 0.6) is 0 Å². The number of carboxylic acids is 1. The number of rotatable bonds is 5. The molecular weight excluding hydrogens is 225 g/mol. The first-order valence-electron chi connectivity index (χ1n) is 5.30. The second-order valence-corrected chi connectivity index (χ2v) is 4.15. The Morgan fingerprint density at radius 3 is 2.65 bits per heavy atom. The monoisotopic (exact) mass is 241 g/mol. The van der Waals surface area contributed by atoms with Crippen LogP contribution in [0.3, 0.4) is 0 Å². The molecule has 1 aromatic rings. The fourth-order valence-electron chi connectivity index (χ4n) is 1.91. The van der Waals surface area contributed by atoms with E-state index in [1.165, 1.54) is 25.1 Å². The van der Waals surface area contributed by atoms with Crippen molar-refractivity contribution in [3.05, 3.63) is 35.6 Å². The Morgan fingerprint density at radius 2 is 2.24 bits per heavy atom. The lowest BCUT2D eigenvalue weighted by Crippen LogP contribution is -2.45. The van der Waals surface area contributed by atoms with E-state index in [2.05, 4.69) is 0 Å². The summed E-state index contributed by atoms with van der Waals surface area (Å²) in [5.74, 6) is -1.68. The van der Waals surface area contributed by atoms with Crippen LogP contribution < -0.4 is 5.73 Å². The Hall–Kier alpha value is -1.46. The van der Waals surface area contributed by atoms with Gasteiger partial charge in [-0.05, 0) is 31.0 Å². The van der Waals surface area contributed by atoms with Crippen molar-refractivity contribution in [2.45, 2.75) is 24.9 Å². The van der Waals surface area contributed by atoms with Gasteiger partial charge in [-0.15, -0.1) is 0 Å². The predicted octanol–water partition coefficient (Wildman–Crippen LogP) is 0.878. The zero-order valence-corrected chi connectivity index (χ0v) is 9.56. The lowest BCUT2D eigenvalue weighted by Gasteiger charge is -2.29. The standard InChI is InChI=1S/C12H16FNO3/c1-8(15)6-12(7-14,11(16)17)9-3-2-4-10(13)5-9/h2-5,8,15H,6-7,14H2,1H3,(H,16,17). The number of benzene rings is 1. The first kappa shape index (κ1) is 13.6. The zero-order valence-electron chi connectivity index (χ0n) is 9.56. The highest BCUT2D eigenvalue weighted by Crippen LogP contribution is 2.29. The molecule has 17 heavy (non-hydrogen) atoms. The Bertz CT molecular complexity index is 408. The summed E-state index contributed by atoms with van der Waals surface area (Å²) >= 11 is 0. The number of hydrogen-bond donors (Lipinski definition) is 3. The second-order valence-electron chi connectivity index (χ2n) is 4.15. The number of carbonyl (C=O) groups is 1. The van der Waals surface area contributed by atoms with E-state index in [4.69, 9.17) is 5.73 Å². The predicted molar refractivity (Wildman–Crippen MR) is 61.1 cm³/mol. The topological polar surface area (TPSA) is 83.5 Å². The average molecular weight is 241 g/mol. The molecule has 94 valence electrons. The maximum Gasteiger partial charge on any atom is 0.315 e. The minimum absolute atomic E-state index is 0.0533. The molecule has 0 amide bonds. The number of aliphatic hydroxyl groups is 1. The van der Waals surface area contributed by atoms with Gasteiger partial charge in [0.25, 0.3) is 0 Å². The van der Waals surface area contributed by atoms with Crippen molar-refractivity contribution >= 4 is 5.97 Å². The van der Waals surface area contributed by atoms with E-state index in [0.29, 0.717) is 0 Å². The average Bonchev–Trinajstić information content (AvgIpc) is 2.25. The van der Waals surface area contributed by atoms with Gasteiger partial charge in [0, 0.05) is 6.54 Å². The van der Waals surface area contributed by atoms with Gasteiger partial charge < -0.3 is 15.9 Å². The molecule has 4 N–H and O–H groups in total. The molecule has 2 unspecified atom stereocenters. The molecule has 0 heterocycles. The summed E-state index contributed by atoms with van der Waals surface area (Å²) in [4.78, 5) is 11.4. The van der Waals surface area contributed by atoms with Crippen LogP contribution in [0.2, 0.25) is 0 Å². The Morgan fingerprint density at radius 1 is 1.59 bits per heavy atom. The van der Waals surface area contributed by atoms with Crippen LogP contribution in [0.15, 0.2) is 24.3 Å². The lowest BCUT2D eigenvalue weighted by molar-refractivity contribution is -0.144. The van der Waals surface area contributed by atoms with Crippen LogP contribution in [-0.2, 0) is 10.2 Å². The van der Waals surface area contributed by atoms with E-state index >= 15 is 0 Å². The van der Waals surface area contributed by atoms with Crippen molar-refractivity contribution in [3.8, 4) is 0 Å². The van der Waals surface area contributed by atoms with E-state index in [0.717, 1.165) is 6.07 Å². The van der Waals surface area contributed by atoms with Crippen molar-refractivity contribution in [1.82, 2.24) is 0 Å². The zero-order chi connectivity index (χ0) is 13.1. The van der Waals surface area contributed by atoms with Gasteiger partial charge in [0.05, 0.1) is 6.10 Å². The van der Waals surface area contributed by atoms with E-state index in [1.807, 2.05) is 0 Å². The molecule has 5 heteroatoms. The van der Waals surface area contributed by atoms with Crippen LogP contribution in [0.25, 0.3) is 0 Å². The quantitative estimate of drug-likeness (QED) is 0.714. The number of nitrogens with two attached hydrogens (primary N) is 1. The molecule has 0 saturated heterocycles. The Kier molecular flexibility index (Phi) is 4.20. The molecule has 1 aromatic carbocycles. The molecule has 0 aliphatic heterocycles. The van der Waals surface area contributed by atoms with E-state index in [9.17, 15) is 19.4 Å². The molecule has 0 bridgehead atoms. The summed E-state index contributed by atoms with van der Waals surface area (Å²) in [7, 11) is 0. The van der Waals surface area contributed by atoms with Gasteiger partial charge in [0.2, 0.25) is 0 Å². The van der Waals surface area contributed by atoms with Crippen LogP contribution in [0.1, 0.15) is 18.9 Å². The number of halogens is 1. The van der Waals surface area contributed by atoms with Gasteiger partial charge in [-0.1, -0.05) is 12.1 Å². The number of aliphatic hydroxyl groups excluding tert-OH is 1. The van der Waals surface area contributed by atoms with Crippen LogP contribution in [0.4, 0.5) is 4.39 Å². The molecule has 0 spiro atoms. The smallest absolute Gasteiger partial charge is 0.315 e. The molecule has 2 atom stereocenters. The van der Waals surface area contributed by atoms with Gasteiger partial charge in [0.1, 0.15) is 11.2 Å². The molecular formula is C12H16FNO3. The molecule has 0 fully saturated rings. The first-order chi connectivity index (χ1) is 7.92. The van der Waals surface area contributed by atoms with Crippen molar-refractivity contribution < 1.29 is 19.4 Å². The summed E-state index contributed by atoms with van der Waals surface area (Å²) in [6, 6.07) is 5.31. The van der Waals surface area contributed by atoms with E-state index < -0.39 is 23.3 Å². The maximum absolute atomic E-state index is 13.1. The normalized spacial score (nSPS) is 16.2. The largest absolute Gasteiger partial charge is 0.481 e. The van der Waals surface area contributed by atoms with Crippen molar-refractivity contribution in [1.29, 1.82) is 0 Å². The van der Waals surface area contributed by atoms with Gasteiger partial charge >= 0.3 is 5.97 Å². The molecule has 0 saturated carbocycles. The summed E-state index contributed by atoms with van der Waals surface area (Å²) in [5.41, 5.74) is 4.35. The fraction of sp³-hybridized carbons (Fsp3) is 0.417. The number of aliphatic carboxylic acids is 1.